The molecular formula is C2H14N2O2. The van der Waals surface area contributed by atoms with E-state index in [0.717, 1.165) is 6.54 Å². The minimum Gasteiger partial charge on any atom is -0.412 e. The van der Waals surface area contributed by atoms with Crippen LogP contribution >= 0.6 is 0 Å². The lowest BCUT2D eigenvalue weighted by Gasteiger charge is -1.53. The first-order valence-electron chi connectivity index (χ1n) is 1.12. The summed E-state index contributed by atoms with van der Waals surface area (Å²) in [7, 11) is 0. The van der Waals surface area contributed by atoms with Gasteiger partial charge in [-0.3, -0.25) is 0 Å². The third-order valence-electron chi connectivity index (χ3n) is 0. The smallest absolute Gasteiger partial charge is 0.0106 e. The summed E-state index contributed by atoms with van der Waals surface area (Å²) in [4.78, 5) is 0. The van der Waals surface area contributed by atoms with Crippen LogP contribution < -0.4 is 11.9 Å². The highest BCUT2D eigenvalue weighted by Gasteiger charge is 1.32. The summed E-state index contributed by atoms with van der Waals surface area (Å²) < 4.78 is 0. The number of rotatable bonds is 0. The van der Waals surface area contributed by atoms with Gasteiger partial charge in [-0.25, -0.2) is 0 Å². The third-order valence-corrected chi connectivity index (χ3v) is 0. The Morgan fingerprint density at radius 3 is 1.33 bits per heavy atom. The number of nitrogens with two attached hydrogens (primary N) is 1. The van der Waals surface area contributed by atoms with Gasteiger partial charge in [0, 0.05) is 0 Å². The predicted octanol–water partition coefficient (Wildman–Crippen LogP) is -1.52. The zero-order valence-corrected chi connectivity index (χ0v) is 3.99. The van der Waals surface area contributed by atoms with E-state index >= 15 is 0 Å². The molecule has 0 fully saturated rings. The first-order chi connectivity index (χ1) is 1.41. The average molecular weight is 98.1 g/mol. The maximum absolute atomic E-state index is 4.85. The normalized spacial score (nSPS) is 3.00. The van der Waals surface area contributed by atoms with E-state index in [9.17, 15) is 0 Å². The van der Waals surface area contributed by atoms with Crippen LogP contribution in [0.2, 0.25) is 0 Å². The summed E-state index contributed by atoms with van der Waals surface area (Å²) in [5.74, 6) is 0. The molecule has 0 bridgehead atoms. The molecule has 0 heterocycles. The highest BCUT2D eigenvalue weighted by Crippen LogP contribution is 1.20. The minimum atomic E-state index is 0. The second kappa shape index (κ2) is 101. The number of hydrogen-bond donors (Lipinski definition) is 2. The van der Waals surface area contributed by atoms with Gasteiger partial charge in [-0.05, 0) is 6.54 Å². The molecule has 0 aliphatic carbocycles. The van der Waals surface area contributed by atoms with E-state index in [1.165, 1.54) is 0 Å². The van der Waals surface area contributed by atoms with Gasteiger partial charge >= 0.3 is 0 Å². The van der Waals surface area contributed by atoms with Crippen LogP contribution in [0, 0.1) is 0 Å². The van der Waals surface area contributed by atoms with Gasteiger partial charge in [0.1, 0.15) is 0 Å². The molecule has 0 aromatic carbocycles. The van der Waals surface area contributed by atoms with Gasteiger partial charge in [-0.1, -0.05) is 6.92 Å². The van der Waals surface area contributed by atoms with Crippen LogP contribution in [-0.2, 0) is 0 Å². The van der Waals surface area contributed by atoms with Crippen molar-refractivity contribution in [2.75, 3.05) is 6.54 Å². The van der Waals surface area contributed by atoms with Crippen molar-refractivity contribution >= 4 is 0 Å². The molecule has 0 amide bonds. The monoisotopic (exact) mass is 98.1 g/mol. The molecule has 0 unspecified atom stereocenters. The fourth-order valence-electron chi connectivity index (χ4n) is 0. The van der Waals surface area contributed by atoms with Crippen LogP contribution in [0.4, 0.5) is 0 Å². The molecule has 0 aliphatic heterocycles. The quantitative estimate of drug-likeness (QED) is 0.381. The Morgan fingerprint density at radius 2 is 1.33 bits per heavy atom. The van der Waals surface area contributed by atoms with Gasteiger partial charge in [0.15, 0.2) is 0 Å². The van der Waals surface area contributed by atoms with Gasteiger partial charge in [0.2, 0.25) is 0 Å². The molecule has 4 nitrogen and oxygen atoms in total. The fourth-order valence-corrected chi connectivity index (χ4v) is 0. The molecular weight excluding hydrogens is 84.0 g/mol. The summed E-state index contributed by atoms with van der Waals surface area (Å²) in [6, 6.07) is 0. The molecule has 4 heteroatoms. The van der Waals surface area contributed by atoms with Crippen molar-refractivity contribution in [2.24, 2.45) is 5.73 Å². The molecule has 0 aromatic heterocycles. The standard InChI is InChI=1S/C2H7N.H3N.2H2O/c1-2-3;;;/h2-3H2,1H3;1H3;2*1H2. The van der Waals surface area contributed by atoms with Crippen molar-refractivity contribution in [1.29, 1.82) is 0 Å². The molecule has 0 rings (SSSR count). The molecule has 0 spiro atoms. The third kappa shape index (κ3) is 1210. The SMILES string of the molecule is CCN.N.O.O. The van der Waals surface area contributed by atoms with Gasteiger partial charge in [-0.15, -0.1) is 0 Å². The fraction of sp³-hybridized carbons (Fsp3) is 1.00. The van der Waals surface area contributed by atoms with Crippen LogP contribution in [0.5, 0.6) is 0 Å². The first kappa shape index (κ1) is 40.4. The zero-order valence-electron chi connectivity index (χ0n) is 3.99. The van der Waals surface area contributed by atoms with Crippen LogP contribution in [0.3, 0.4) is 0 Å². The minimum absolute atomic E-state index is 0. The van der Waals surface area contributed by atoms with Crippen LogP contribution in [0.15, 0.2) is 0 Å². The van der Waals surface area contributed by atoms with E-state index in [1.807, 2.05) is 6.92 Å². The Bertz CT molecular complexity index is 9.51. The molecule has 44 valence electrons. The Hall–Kier alpha value is -0.160. The Balaban J connectivity index is -0.00000000667. The lowest BCUT2D eigenvalue weighted by atomic mass is 10.8. The molecule has 0 aromatic rings. The Kier molecular flexibility index (Phi) is 681. The molecule has 6 heavy (non-hydrogen) atoms. The van der Waals surface area contributed by atoms with Crippen LogP contribution in [0.25, 0.3) is 0 Å². The van der Waals surface area contributed by atoms with Crippen molar-refractivity contribution in [1.82, 2.24) is 6.15 Å². The van der Waals surface area contributed by atoms with E-state index in [0.29, 0.717) is 0 Å². The van der Waals surface area contributed by atoms with Crippen molar-refractivity contribution in [3.8, 4) is 0 Å². The molecule has 0 saturated heterocycles. The predicted molar refractivity (Wildman–Crippen MR) is 27.0 cm³/mol. The second-order valence-corrected chi connectivity index (χ2v) is 0.408. The van der Waals surface area contributed by atoms with Gasteiger partial charge in [-0.2, -0.15) is 0 Å². The van der Waals surface area contributed by atoms with E-state index < -0.39 is 0 Å². The second-order valence-electron chi connectivity index (χ2n) is 0.408. The summed E-state index contributed by atoms with van der Waals surface area (Å²) in [5.41, 5.74) is 4.85. The summed E-state index contributed by atoms with van der Waals surface area (Å²) in [5, 5.41) is 0. The van der Waals surface area contributed by atoms with E-state index in [4.69, 9.17) is 5.73 Å². The lowest BCUT2D eigenvalue weighted by molar-refractivity contribution is 0.823. The Labute approximate surface area is 37.5 Å². The summed E-state index contributed by atoms with van der Waals surface area (Å²) in [6.07, 6.45) is 0. The maximum atomic E-state index is 4.85. The highest BCUT2D eigenvalue weighted by atomic mass is 16.0. The van der Waals surface area contributed by atoms with E-state index in [-0.39, 0.29) is 17.1 Å². The highest BCUT2D eigenvalue weighted by molar-refractivity contribution is 4.00. The largest absolute Gasteiger partial charge is 0.412 e. The number of hydrogen-bond acceptors (Lipinski definition) is 2. The van der Waals surface area contributed by atoms with Gasteiger partial charge in [0.25, 0.3) is 0 Å². The van der Waals surface area contributed by atoms with Crippen molar-refractivity contribution in [2.45, 2.75) is 6.92 Å². The van der Waals surface area contributed by atoms with Crippen molar-refractivity contribution in [3.63, 3.8) is 0 Å². The van der Waals surface area contributed by atoms with E-state index in [2.05, 4.69) is 0 Å². The van der Waals surface area contributed by atoms with E-state index in [1.54, 1.807) is 0 Å². The van der Waals surface area contributed by atoms with Crippen LogP contribution in [0.1, 0.15) is 6.92 Å². The van der Waals surface area contributed by atoms with Crippen molar-refractivity contribution < 1.29 is 11.0 Å². The molecule has 0 saturated carbocycles. The first-order valence-corrected chi connectivity index (χ1v) is 1.12. The molecule has 0 radical (unpaired) electrons. The molecule has 9 N–H and O–H groups in total. The molecule has 0 aliphatic rings. The van der Waals surface area contributed by atoms with Gasteiger partial charge < -0.3 is 22.8 Å². The van der Waals surface area contributed by atoms with Gasteiger partial charge in [0.05, 0.1) is 0 Å². The Morgan fingerprint density at radius 1 is 1.33 bits per heavy atom. The molecule has 0 atom stereocenters. The van der Waals surface area contributed by atoms with Crippen molar-refractivity contribution in [3.05, 3.63) is 0 Å². The van der Waals surface area contributed by atoms with Crippen LogP contribution in [-0.4, -0.2) is 17.5 Å². The summed E-state index contributed by atoms with van der Waals surface area (Å²) >= 11 is 0. The maximum Gasteiger partial charge on any atom is -0.0106 e. The zero-order chi connectivity index (χ0) is 2.71. The lowest BCUT2D eigenvalue weighted by Crippen LogP contribution is -1.87. The average Bonchev–Trinajstić information content (AvgIpc) is 0.918. The topological polar surface area (TPSA) is 124 Å². The summed E-state index contributed by atoms with van der Waals surface area (Å²) in [6.45, 7) is 2.65.